The molecule has 2 amide bonds. The molecule has 0 saturated carbocycles. The van der Waals surface area contributed by atoms with Gasteiger partial charge in [0.2, 0.25) is 5.91 Å². The third-order valence-electron chi connectivity index (χ3n) is 5.46. The topological polar surface area (TPSA) is 88.4 Å². The van der Waals surface area contributed by atoms with E-state index in [1.54, 1.807) is 13.2 Å². The summed E-state index contributed by atoms with van der Waals surface area (Å²) >= 11 is 0. The maximum Gasteiger partial charge on any atom is 0.414 e. The predicted molar refractivity (Wildman–Crippen MR) is 131 cm³/mol. The van der Waals surface area contributed by atoms with Crippen LogP contribution in [0.2, 0.25) is 0 Å². The molecule has 0 aliphatic carbocycles. The van der Waals surface area contributed by atoms with Crippen molar-refractivity contribution in [2.24, 2.45) is 0 Å². The van der Waals surface area contributed by atoms with Gasteiger partial charge >= 0.3 is 6.09 Å². The molecule has 1 aliphatic heterocycles. The van der Waals surface area contributed by atoms with E-state index in [9.17, 15) is 9.59 Å². The van der Waals surface area contributed by atoms with Gasteiger partial charge in [-0.1, -0.05) is 12.1 Å². The molecule has 3 heterocycles. The lowest BCUT2D eigenvalue weighted by Gasteiger charge is -2.25. The second kappa shape index (κ2) is 9.82. The number of rotatable bonds is 5. The molecule has 180 valence electrons. The number of amides is 2. The first-order chi connectivity index (χ1) is 16.2. The highest BCUT2D eigenvalue weighted by Gasteiger charge is 2.21. The number of morpholine rings is 1. The van der Waals surface area contributed by atoms with Gasteiger partial charge in [-0.3, -0.25) is 19.0 Å². The summed E-state index contributed by atoms with van der Waals surface area (Å²) in [4.78, 5) is 33.1. The number of hydrogen-bond acceptors (Lipinski definition) is 6. The average Bonchev–Trinajstić information content (AvgIpc) is 3.21. The normalized spacial score (nSPS) is 14.7. The van der Waals surface area contributed by atoms with Gasteiger partial charge in [0, 0.05) is 37.6 Å². The minimum atomic E-state index is -0.581. The zero-order valence-electron chi connectivity index (χ0n) is 20.1. The van der Waals surface area contributed by atoms with Gasteiger partial charge < -0.3 is 14.8 Å². The van der Waals surface area contributed by atoms with Crippen molar-refractivity contribution in [3.63, 3.8) is 0 Å². The van der Waals surface area contributed by atoms with Crippen molar-refractivity contribution in [1.29, 1.82) is 0 Å². The lowest BCUT2D eigenvalue weighted by Crippen LogP contribution is -2.41. The smallest absolute Gasteiger partial charge is 0.414 e. The number of fused-ring (bicyclic) bond motifs is 1. The molecule has 0 spiro atoms. The van der Waals surface area contributed by atoms with Crippen LogP contribution in [0.15, 0.2) is 48.8 Å². The summed E-state index contributed by atoms with van der Waals surface area (Å²) < 4.78 is 12.7. The summed E-state index contributed by atoms with van der Waals surface area (Å²) in [6.45, 7) is 8.67. The number of carbonyl (C=O) groups is 2. The van der Waals surface area contributed by atoms with Crippen LogP contribution in [0, 0.1) is 0 Å². The van der Waals surface area contributed by atoms with E-state index in [2.05, 4.69) is 15.2 Å². The number of anilines is 2. The number of pyridine rings is 1. The number of ether oxygens (including phenoxy) is 2. The minimum Gasteiger partial charge on any atom is -0.443 e. The van der Waals surface area contributed by atoms with Gasteiger partial charge in [-0.15, -0.1) is 0 Å². The van der Waals surface area contributed by atoms with E-state index in [1.165, 1.54) is 4.90 Å². The zero-order chi connectivity index (χ0) is 24.3. The van der Waals surface area contributed by atoms with E-state index in [1.807, 2.05) is 67.8 Å². The Balaban J connectivity index is 1.53. The molecule has 0 unspecified atom stereocenters. The van der Waals surface area contributed by atoms with Crippen LogP contribution in [-0.4, -0.2) is 71.8 Å². The predicted octanol–water partition coefficient (Wildman–Crippen LogP) is 3.64. The molecule has 1 N–H and O–H groups in total. The van der Waals surface area contributed by atoms with Crippen LogP contribution in [-0.2, 0) is 14.3 Å². The second-order valence-electron chi connectivity index (χ2n) is 9.32. The Morgan fingerprint density at radius 2 is 1.94 bits per heavy atom. The maximum absolute atomic E-state index is 12.5. The lowest BCUT2D eigenvalue weighted by atomic mass is 10.1. The number of hydrogen-bond donors (Lipinski definition) is 1. The summed E-state index contributed by atoms with van der Waals surface area (Å²) in [5.41, 5.74) is 3.30. The van der Waals surface area contributed by atoms with Crippen molar-refractivity contribution in [1.82, 2.24) is 14.3 Å². The fourth-order valence-corrected chi connectivity index (χ4v) is 3.74. The van der Waals surface area contributed by atoms with Crippen molar-refractivity contribution in [3.8, 4) is 11.3 Å². The summed E-state index contributed by atoms with van der Waals surface area (Å²) in [7, 11) is 1.68. The molecule has 1 aromatic carbocycles. The molecular weight excluding hydrogens is 434 g/mol. The molecule has 3 aromatic rings. The summed E-state index contributed by atoms with van der Waals surface area (Å²) in [6, 6.07) is 11.3. The van der Waals surface area contributed by atoms with E-state index in [-0.39, 0.29) is 5.91 Å². The number of carbonyl (C=O) groups excluding carboxylic acids is 2. The van der Waals surface area contributed by atoms with Crippen molar-refractivity contribution >= 4 is 29.0 Å². The van der Waals surface area contributed by atoms with E-state index >= 15 is 0 Å². The molecule has 4 rings (SSSR count). The van der Waals surface area contributed by atoms with Gasteiger partial charge in [0.1, 0.15) is 11.2 Å². The average molecular weight is 466 g/mol. The Labute approximate surface area is 199 Å². The van der Waals surface area contributed by atoms with Crippen LogP contribution in [0.1, 0.15) is 20.8 Å². The van der Waals surface area contributed by atoms with Crippen molar-refractivity contribution in [2.45, 2.75) is 26.4 Å². The van der Waals surface area contributed by atoms with Gasteiger partial charge in [-0.05, 0) is 45.0 Å². The van der Waals surface area contributed by atoms with Crippen LogP contribution in [0.3, 0.4) is 0 Å². The van der Waals surface area contributed by atoms with Gasteiger partial charge in [0.25, 0.3) is 0 Å². The number of nitrogens with one attached hydrogen (secondary N) is 1. The Hall–Kier alpha value is -3.43. The number of nitrogens with zero attached hydrogens (tertiary/aromatic N) is 4. The molecule has 1 aliphatic rings. The quantitative estimate of drug-likeness (QED) is 0.619. The van der Waals surface area contributed by atoms with Gasteiger partial charge in [-0.25, -0.2) is 9.78 Å². The van der Waals surface area contributed by atoms with E-state index in [0.29, 0.717) is 31.1 Å². The molecule has 0 radical (unpaired) electrons. The van der Waals surface area contributed by atoms with Gasteiger partial charge in [-0.2, -0.15) is 0 Å². The maximum atomic E-state index is 12.5. The van der Waals surface area contributed by atoms with Crippen LogP contribution >= 0.6 is 0 Å². The standard InChI is InChI=1S/C25H31N5O4/c1-25(2,3)34-24(32)28(4)20-8-9-22-26-15-21(30(22)16-20)18-6-5-7-19(14-18)27-23(31)17-29-10-12-33-13-11-29/h5-9,14-16H,10-13,17H2,1-4H3,(H,27,31). The first-order valence-electron chi connectivity index (χ1n) is 11.3. The van der Waals surface area contributed by atoms with Crippen LogP contribution < -0.4 is 10.2 Å². The van der Waals surface area contributed by atoms with Crippen molar-refractivity contribution in [2.75, 3.05) is 50.1 Å². The third kappa shape index (κ3) is 5.73. The molecule has 9 heteroatoms. The van der Waals surface area contributed by atoms with Crippen LogP contribution in [0.25, 0.3) is 16.9 Å². The summed E-state index contributed by atoms with van der Waals surface area (Å²) in [6.07, 6.45) is 3.20. The zero-order valence-corrected chi connectivity index (χ0v) is 20.1. The van der Waals surface area contributed by atoms with Gasteiger partial charge in [0.15, 0.2) is 0 Å². The van der Waals surface area contributed by atoms with E-state index < -0.39 is 11.7 Å². The molecule has 1 fully saturated rings. The van der Waals surface area contributed by atoms with E-state index in [4.69, 9.17) is 9.47 Å². The summed E-state index contributed by atoms with van der Waals surface area (Å²) in [5, 5.41) is 2.99. The Kier molecular flexibility index (Phi) is 6.85. The highest BCUT2D eigenvalue weighted by Crippen LogP contribution is 2.26. The van der Waals surface area contributed by atoms with Crippen molar-refractivity contribution < 1.29 is 19.1 Å². The number of benzene rings is 1. The molecule has 0 bridgehead atoms. The Morgan fingerprint density at radius 3 is 2.68 bits per heavy atom. The number of imidazole rings is 1. The van der Waals surface area contributed by atoms with Crippen LogP contribution in [0.5, 0.6) is 0 Å². The largest absolute Gasteiger partial charge is 0.443 e. The second-order valence-corrected chi connectivity index (χ2v) is 9.32. The first-order valence-corrected chi connectivity index (χ1v) is 11.3. The van der Waals surface area contributed by atoms with Crippen LogP contribution in [0.4, 0.5) is 16.2 Å². The molecule has 0 atom stereocenters. The summed E-state index contributed by atoms with van der Waals surface area (Å²) in [5.74, 6) is -0.0570. The molecular formula is C25H31N5O4. The number of aromatic nitrogens is 2. The molecule has 1 saturated heterocycles. The van der Waals surface area contributed by atoms with Gasteiger partial charge in [0.05, 0.1) is 37.3 Å². The highest BCUT2D eigenvalue weighted by molar-refractivity contribution is 5.93. The Morgan fingerprint density at radius 1 is 1.18 bits per heavy atom. The highest BCUT2D eigenvalue weighted by atomic mass is 16.6. The van der Waals surface area contributed by atoms with Crippen molar-refractivity contribution in [3.05, 3.63) is 48.8 Å². The first kappa shape index (κ1) is 23.7. The van der Waals surface area contributed by atoms with E-state index in [0.717, 1.165) is 30.0 Å². The Bertz CT molecular complexity index is 1180. The fraction of sp³-hybridized carbons (Fsp3) is 0.400. The SMILES string of the molecule is CN(C(=O)OC(C)(C)C)c1ccc2ncc(-c3cccc(NC(=O)CN4CCOCC4)c3)n2c1. The molecule has 2 aromatic heterocycles. The lowest BCUT2D eigenvalue weighted by molar-refractivity contribution is -0.118. The fourth-order valence-electron chi connectivity index (χ4n) is 3.74. The monoisotopic (exact) mass is 465 g/mol. The third-order valence-corrected chi connectivity index (χ3v) is 5.46. The minimum absolute atomic E-state index is 0.0570. The molecule has 9 nitrogen and oxygen atoms in total. The molecule has 34 heavy (non-hydrogen) atoms.